The molecule has 3 aromatic rings. The smallest absolute Gasteiger partial charge is 0.411 e. The number of hydrogen-bond acceptors (Lipinski definition) is 5. The van der Waals surface area contributed by atoms with Crippen LogP contribution in [0.1, 0.15) is 5.56 Å². The minimum atomic E-state index is -1.24. The molecule has 0 aliphatic carbocycles. The quantitative estimate of drug-likeness (QED) is 0.680. The second-order valence-electron chi connectivity index (χ2n) is 4.41. The minimum Gasteiger partial charge on any atom is -0.465 e. The molecule has 8 nitrogen and oxygen atoms in total. The lowest BCUT2D eigenvalue weighted by molar-refractivity contribution is 0.209. The Morgan fingerprint density at radius 3 is 3.00 bits per heavy atom. The van der Waals surface area contributed by atoms with Crippen molar-refractivity contribution < 1.29 is 14.3 Å². The minimum absolute atomic E-state index is 0.0682. The van der Waals surface area contributed by atoms with Crippen molar-refractivity contribution in [3.05, 3.63) is 48.0 Å². The highest BCUT2D eigenvalue weighted by Crippen LogP contribution is 2.16. The highest BCUT2D eigenvalue weighted by Gasteiger charge is 2.11. The number of halogens is 1. The van der Waals surface area contributed by atoms with Crippen molar-refractivity contribution in [3.63, 3.8) is 0 Å². The summed E-state index contributed by atoms with van der Waals surface area (Å²) >= 11 is 0. The topological polar surface area (TPSA) is 104 Å². The number of amides is 1. The summed E-state index contributed by atoms with van der Waals surface area (Å²) in [6.45, 7) is 0.346. The molecule has 0 unspecified atom stereocenters. The molecule has 3 rings (SSSR count). The van der Waals surface area contributed by atoms with E-state index in [2.05, 4.69) is 25.8 Å². The summed E-state index contributed by atoms with van der Waals surface area (Å²) in [6.07, 6.45) is 1.78. The summed E-state index contributed by atoms with van der Waals surface area (Å²) in [5, 5.41) is 21.5. The lowest BCUT2D eigenvalue weighted by Crippen LogP contribution is -2.10. The Balaban J connectivity index is 1.85. The third-order valence-corrected chi connectivity index (χ3v) is 2.89. The predicted molar refractivity (Wildman–Crippen MR) is 76.2 cm³/mol. The van der Waals surface area contributed by atoms with E-state index in [4.69, 9.17) is 5.11 Å². The van der Waals surface area contributed by atoms with Crippen LogP contribution in [0, 0.1) is 5.82 Å². The lowest BCUT2D eigenvalue weighted by atomic mass is 10.2. The van der Waals surface area contributed by atoms with Gasteiger partial charge in [0.1, 0.15) is 5.82 Å². The summed E-state index contributed by atoms with van der Waals surface area (Å²) in [5.74, 6) is 0.164. The van der Waals surface area contributed by atoms with Crippen LogP contribution in [-0.2, 0) is 6.54 Å². The van der Waals surface area contributed by atoms with Crippen molar-refractivity contribution in [2.45, 2.75) is 6.54 Å². The summed E-state index contributed by atoms with van der Waals surface area (Å²) < 4.78 is 14.6. The van der Waals surface area contributed by atoms with Crippen LogP contribution in [0.2, 0.25) is 0 Å². The monoisotopic (exact) mass is 302 g/mol. The van der Waals surface area contributed by atoms with Crippen molar-refractivity contribution in [1.82, 2.24) is 19.6 Å². The zero-order valence-corrected chi connectivity index (χ0v) is 11.2. The SMILES string of the molecule is O=C(O)Nc1nnc2c(NCc3cccc(F)c3)nccn12. The molecule has 0 aliphatic rings. The van der Waals surface area contributed by atoms with Gasteiger partial charge in [-0.15, -0.1) is 10.2 Å². The highest BCUT2D eigenvalue weighted by atomic mass is 19.1. The number of rotatable bonds is 4. The van der Waals surface area contributed by atoms with E-state index in [1.807, 2.05) is 0 Å². The number of anilines is 2. The number of aromatic nitrogens is 4. The van der Waals surface area contributed by atoms with E-state index in [0.717, 1.165) is 5.56 Å². The summed E-state index contributed by atoms with van der Waals surface area (Å²) in [5.41, 5.74) is 1.11. The average Bonchev–Trinajstić information content (AvgIpc) is 2.88. The van der Waals surface area contributed by atoms with Gasteiger partial charge in [0.15, 0.2) is 5.82 Å². The number of carboxylic acid groups (broad SMARTS) is 1. The maximum absolute atomic E-state index is 13.1. The third-order valence-electron chi connectivity index (χ3n) is 2.89. The van der Waals surface area contributed by atoms with Crippen LogP contribution in [0.4, 0.5) is 21.0 Å². The Hall–Kier alpha value is -3.23. The van der Waals surface area contributed by atoms with E-state index < -0.39 is 6.09 Å². The first-order valence-electron chi connectivity index (χ1n) is 6.31. The van der Waals surface area contributed by atoms with E-state index in [1.165, 1.54) is 28.9 Å². The molecule has 3 N–H and O–H groups in total. The van der Waals surface area contributed by atoms with E-state index in [0.29, 0.717) is 18.0 Å². The van der Waals surface area contributed by atoms with Gasteiger partial charge in [-0.3, -0.25) is 9.72 Å². The lowest BCUT2D eigenvalue weighted by Gasteiger charge is -2.07. The number of fused-ring (bicyclic) bond motifs is 1. The molecule has 0 bridgehead atoms. The molecule has 0 radical (unpaired) electrons. The Kier molecular flexibility index (Phi) is 3.52. The summed E-state index contributed by atoms with van der Waals surface area (Å²) in [7, 11) is 0. The zero-order chi connectivity index (χ0) is 15.5. The largest absolute Gasteiger partial charge is 0.465 e. The number of hydrogen-bond donors (Lipinski definition) is 3. The van der Waals surface area contributed by atoms with Crippen LogP contribution in [0.5, 0.6) is 0 Å². The molecule has 9 heteroatoms. The molecule has 0 aliphatic heterocycles. The Morgan fingerprint density at radius 2 is 2.23 bits per heavy atom. The van der Waals surface area contributed by atoms with Crippen LogP contribution in [0.25, 0.3) is 5.65 Å². The molecule has 22 heavy (non-hydrogen) atoms. The van der Waals surface area contributed by atoms with Crippen molar-refractivity contribution in [2.24, 2.45) is 0 Å². The van der Waals surface area contributed by atoms with Crippen LogP contribution in [0.15, 0.2) is 36.7 Å². The second-order valence-corrected chi connectivity index (χ2v) is 4.41. The van der Waals surface area contributed by atoms with Crippen LogP contribution < -0.4 is 10.6 Å². The van der Waals surface area contributed by atoms with Crippen LogP contribution >= 0.6 is 0 Å². The molecule has 0 spiro atoms. The molecule has 112 valence electrons. The molecular weight excluding hydrogens is 291 g/mol. The molecule has 0 atom stereocenters. The first kappa shape index (κ1) is 13.7. The molecule has 0 saturated heterocycles. The standard InChI is InChI=1S/C13H11FN6O2/c14-9-3-1-2-8(6-9)7-16-10-11-18-19-12(17-13(21)22)20(11)5-4-15-10/h1-6H,7H2,(H,15,16)(H,17,19)(H,21,22). The van der Waals surface area contributed by atoms with Gasteiger partial charge in [-0.2, -0.15) is 0 Å². The number of nitrogens with one attached hydrogen (secondary N) is 2. The van der Waals surface area contributed by atoms with Crippen molar-refractivity contribution in [3.8, 4) is 0 Å². The van der Waals surface area contributed by atoms with Gasteiger partial charge in [0.25, 0.3) is 0 Å². The number of nitrogens with zero attached hydrogens (tertiary/aromatic N) is 4. The molecule has 1 amide bonds. The van der Waals surface area contributed by atoms with Gasteiger partial charge in [-0.25, -0.2) is 14.2 Å². The van der Waals surface area contributed by atoms with Gasteiger partial charge in [0, 0.05) is 18.9 Å². The normalized spacial score (nSPS) is 10.6. The van der Waals surface area contributed by atoms with Gasteiger partial charge < -0.3 is 10.4 Å². The van der Waals surface area contributed by atoms with Crippen molar-refractivity contribution in [1.29, 1.82) is 0 Å². The maximum atomic E-state index is 13.1. The van der Waals surface area contributed by atoms with Crippen molar-refractivity contribution >= 4 is 23.5 Å². The van der Waals surface area contributed by atoms with E-state index in [-0.39, 0.29) is 11.8 Å². The first-order chi connectivity index (χ1) is 10.6. The third kappa shape index (κ3) is 2.77. The Bertz CT molecular complexity index is 834. The summed E-state index contributed by atoms with van der Waals surface area (Å²) in [4.78, 5) is 14.8. The summed E-state index contributed by atoms with van der Waals surface area (Å²) in [6, 6.07) is 6.17. The Labute approximate surface area is 123 Å². The number of benzene rings is 1. The Morgan fingerprint density at radius 1 is 1.36 bits per heavy atom. The van der Waals surface area contributed by atoms with Gasteiger partial charge >= 0.3 is 6.09 Å². The second kappa shape index (κ2) is 5.64. The average molecular weight is 302 g/mol. The van der Waals surface area contributed by atoms with E-state index in [1.54, 1.807) is 12.1 Å². The highest BCUT2D eigenvalue weighted by molar-refractivity contribution is 5.81. The predicted octanol–water partition coefficient (Wildman–Crippen LogP) is 1.97. The fraction of sp³-hybridized carbons (Fsp3) is 0.0769. The zero-order valence-electron chi connectivity index (χ0n) is 11.2. The van der Waals surface area contributed by atoms with Crippen LogP contribution in [0.3, 0.4) is 0 Å². The number of carbonyl (C=O) groups is 1. The van der Waals surface area contributed by atoms with Gasteiger partial charge in [0.2, 0.25) is 11.6 Å². The maximum Gasteiger partial charge on any atom is 0.411 e. The molecule has 0 fully saturated rings. The molecule has 2 heterocycles. The van der Waals surface area contributed by atoms with E-state index >= 15 is 0 Å². The first-order valence-corrected chi connectivity index (χ1v) is 6.31. The molecule has 0 saturated carbocycles. The van der Waals surface area contributed by atoms with Crippen molar-refractivity contribution in [2.75, 3.05) is 10.6 Å². The van der Waals surface area contributed by atoms with Gasteiger partial charge in [0.05, 0.1) is 0 Å². The molecular formula is C13H11FN6O2. The fourth-order valence-corrected chi connectivity index (χ4v) is 1.96. The fourth-order valence-electron chi connectivity index (χ4n) is 1.96. The van der Waals surface area contributed by atoms with E-state index in [9.17, 15) is 9.18 Å². The van der Waals surface area contributed by atoms with Crippen LogP contribution in [-0.4, -0.2) is 30.8 Å². The molecule has 2 aromatic heterocycles. The molecule has 1 aromatic carbocycles. The van der Waals surface area contributed by atoms with Gasteiger partial charge in [-0.1, -0.05) is 12.1 Å². The van der Waals surface area contributed by atoms with Gasteiger partial charge in [-0.05, 0) is 17.7 Å².